The number of hydrogen-bond acceptors (Lipinski definition) is 5. The number of ether oxygens (including phenoxy) is 1. The van der Waals surface area contributed by atoms with E-state index in [1.54, 1.807) is 11.3 Å². The van der Waals surface area contributed by atoms with Crippen LogP contribution in [0.4, 0.5) is 0 Å². The maximum absolute atomic E-state index is 5.46. The fourth-order valence-corrected chi connectivity index (χ4v) is 4.99. The molecule has 3 heterocycles. The Bertz CT molecular complexity index is 520. The van der Waals surface area contributed by atoms with E-state index in [1.807, 2.05) is 11.8 Å². The first-order valence-corrected chi connectivity index (χ1v) is 8.89. The maximum Gasteiger partial charge on any atom is 0.157 e. The summed E-state index contributed by atoms with van der Waals surface area (Å²) in [6.45, 7) is 8.02. The predicted octanol–water partition coefficient (Wildman–Crippen LogP) is 3.06. The topological polar surface area (TPSA) is 46.5 Å². The summed E-state index contributed by atoms with van der Waals surface area (Å²) < 4.78 is 5.46. The third-order valence-corrected chi connectivity index (χ3v) is 6.36. The molecule has 0 aliphatic carbocycles. The van der Waals surface area contributed by atoms with E-state index >= 15 is 0 Å². The lowest BCUT2D eigenvalue weighted by molar-refractivity contribution is 0.0555. The van der Waals surface area contributed by atoms with Crippen LogP contribution in [0.1, 0.15) is 41.4 Å². The molecule has 3 rings (SSSR count). The van der Waals surface area contributed by atoms with E-state index in [9.17, 15) is 0 Å². The van der Waals surface area contributed by atoms with Gasteiger partial charge in [-0.05, 0) is 33.6 Å². The number of aliphatic imine (C=N–C) groups is 1. The molecule has 1 unspecified atom stereocenters. The highest BCUT2D eigenvalue weighted by atomic mass is 32.2. The van der Waals surface area contributed by atoms with Crippen LogP contribution < -0.4 is 5.32 Å². The number of amidine groups is 1. The number of aryl methyl sites for hydroxylation is 2. The second-order valence-corrected chi connectivity index (χ2v) is 7.80. The summed E-state index contributed by atoms with van der Waals surface area (Å²) in [5, 5.41) is 5.86. The maximum atomic E-state index is 5.46. The van der Waals surface area contributed by atoms with E-state index < -0.39 is 0 Å². The van der Waals surface area contributed by atoms with Crippen molar-refractivity contribution in [3.63, 3.8) is 0 Å². The van der Waals surface area contributed by atoms with Gasteiger partial charge in [0.25, 0.3) is 0 Å². The van der Waals surface area contributed by atoms with Crippen LogP contribution in [0.25, 0.3) is 0 Å². The molecule has 1 atom stereocenters. The highest BCUT2D eigenvalue weighted by Gasteiger charge is 2.38. The van der Waals surface area contributed by atoms with Crippen LogP contribution in [0.5, 0.6) is 0 Å². The van der Waals surface area contributed by atoms with Crippen LogP contribution in [0, 0.1) is 13.8 Å². The molecule has 0 amide bonds. The molecule has 1 aromatic heterocycles. The molecule has 0 aromatic carbocycles. The highest BCUT2D eigenvalue weighted by Crippen LogP contribution is 2.34. The fourth-order valence-electron chi connectivity index (χ4n) is 2.78. The molecule has 0 radical (unpaired) electrons. The monoisotopic (exact) mass is 311 g/mol. The van der Waals surface area contributed by atoms with Gasteiger partial charge in [0.15, 0.2) is 5.17 Å². The number of nitrogens with one attached hydrogen (secondary N) is 1. The molecule has 2 aliphatic rings. The summed E-state index contributed by atoms with van der Waals surface area (Å²) in [6.07, 6.45) is 2.18. The number of rotatable bonds is 2. The molecule has 2 fully saturated rings. The average molecular weight is 311 g/mol. The lowest BCUT2D eigenvalue weighted by atomic mass is 9.93. The highest BCUT2D eigenvalue weighted by molar-refractivity contribution is 8.14. The number of aromatic nitrogens is 1. The van der Waals surface area contributed by atoms with Gasteiger partial charge < -0.3 is 10.1 Å². The minimum atomic E-state index is 0.186. The van der Waals surface area contributed by atoms with Crippen molar-refractivity contribution in [2.75, 3.05) is 19.0 Å². The van der Waals surface area contributed by atoms with Crippen molar-refractivity contribution in [3.8, 4) is 0 Å². The molecular formula is C14H21N3OS2. The summed E-state index contributed by atoms with van der Waals surface area (Å²) in [4.78, 5) is 10.6. The first-order valence-electron chi connectivity index (χ1n) is 7.08. The van der Waals surface area contributed by atoms with Crippen molar-refractivity contribution in [3.05, 3.63) is 15.6 Å². The summed E-state index contributed by atoms with van der Waals surface area (Å²) in [7, 11) is 0. The minimum absolute atomic E-state index is 0.186. The van der Waals surface area contributed by atoms with Crippen molar-refractivity contribution in [1.29, 1.82) is 0 Å². The van der Waals surface area contributed by atoms with Crippen LogP contribution in [0.3, 0.4) is 0 Å². The predicted molar refractivity (Wildman–Crippen MR) is 85.8 cm³/mol. The molecule has 2 aliphatic heterocycles. The average Bonchev–Trinajstić information content (AvgIpc) is 2.94. The Morgan fingerprint density at radius 2 is 2.10 bits per heavy atom. The Hall–Kier alpha value is -0.590. The van der Waals surface area contributed by atoms with Gasteiger partial charge in [-0.1, -0.05) is 11.8 Å². The van der Waals surface area contributed by atoms with Crippen molar-refractivity contribution in [1.82, 2.24) is 10.3 Å². The molecule has 1 N–H and O–H groups in total. The van der Waals surface area contributed by atoms with E-state index in [4.69, 9.17) is 9.73 Å². The van der Waals surface area contributed by atoms with Gasteiger partial charge in [0.05, 0.1) is 27.2 Å². The standard InChI is InChI=1S/C14H21N3OS2/c1-9-12(20-11(3)15-9)10(2)16-13-17-14(8-19-13)4-6-18-7-5-14/h10H,4-8H2,1-3H3,(H,16,17). The molecule has 1 aromatic rings. The molecule has 110 valence electrons. The molecule has 2 saturated heterocycles. The zero-order valence-electron chi connectivity index (χ0n) is 12.2. The number of hydrogen-bond donors (Lipinski definition) is 1. The van der Waals surface area contributed by atoms with Gasteiger partial charge in [-0.15, -0.1) is 11.3 Å². The SMILES string of the molecule is Cc1nc(C)c(C(C)N=C2NC3(CCOCC3)CS2)s1. The Labute approximate surface area is 128 Å². The molecule has 0 bridgehead atoms. The molecule has 1 spiro atoms. The van der Waals surface area contributed by atoms with Gasteiger partial charge in [0.2, 0.25) is 0 Å². The van der Waals surface area contributed by atoms with Crippen molar-refractivity contribution in [2.24, 2.45) is 4.99 Å². The van der Waals surface area contributed by atoms with Crippen LogP contribution >= 0.6 is 23.1 Å². The van der Waals surface area contributed by atoms with Gasteiger partial charge in [-0.3, -0.25) is 4.99 Å². The fraction of sp³-hybridized carbons (Fsp3) is 0.714. The first kappa shape index (κ1) is 14.4. The lowest BCUT2D eigenvalue weighted by Crippen LogP contribution is -2.48. The van der Waals surface area contributed by atoms with E-state index in [1.165, 1.54) is 4.88 Å². The Morgan fingerprint density at radius 1 is 1.35 bits per heavy atom. The second kappa shape index (κ2) is 5.66. The summed E-state index contributed by atoms with van der Waals surface area (Å²) in [5.74, 6) is 1.11. The summed E-state index contributed by atoms with van der Waals surface area (Å²) in [6, 6.07) is 0.186. The van der Waals surface area contributed by atoms with E-state index in [0.29, 0.717) is 0 Å². The minimum Gasteiger partial charge on any atom is -0.381 e. The summed E-state index contributed by atoms with van der Waals surface area (Å²) in [5.41, 5.74) is 1.34. The van der Waals surface area contributed by atoms with Gasteiger partial charge in [0, 0.05) is 19.0 Å². The van der Waals surface area contributed by atoms with Gasteiger partial charge >= 0.3 is 0 Å². The van der Waals surface area contributed by atoms with E-state index in [0.717, 1.165) is 47.7 Å². The zero-order chi connectivity index (χ0) is 14.2. The normalized spacial score (nSPS) is 25.1. The zero-order valence-corrected chi connectivity index (χ0v) is 13.9. The second-order valence-electron chi connectivity index (χ2n) is 5.60. The quantitative estimate of drug-likeness (QED) is 0.912. The summed E-state index contributed by atoms with van der Waals surface area (Å²) >= 11 is 3.61. The van der Waals surface area contributed by atoms with Crippen LogP contribution in [0.15, 0.2) is 4.99 Å². The number of thioether (sulfide) groups is 1. The Morgan fingerprint density at radius 3 is 2.75 bits per heavy atom. The first-order chi connectivity index (χ1) is 9.58. The number of thiazole rings is 1. The number of nitrogens with zero attached hydrogens (tertiary/aromatic N) is 2. The smallest absolute Gasteiger partial charge is 0.157 e. The van der Waals surface area contributed by atoms with Crippen molar-refractivity contribution < 1.29 is 4.74 Å². The molecule has 0 saturated carbocycles. The van der Waals surface area contributed by atoms with Crippen molar-refractivity contribution in [2.45, 2.75) is 45.2 Å². The lowest BCUT2D eigenvalue weighted by Gasteiger charge is -2.32. The van der Waals surface area contributed by atoms with Crippen molar-refractivity contribution >= 4 is 28.3 Å². The van der Waals surface area contributed by atoms with E-state index in [-0.39, 0.29) is 11.6 Å². The molecule has 6 heteroatoms. The Kier molecular flexibility index (Phi) is 4.06. The van der Waals surface area contributed by atoms with E-state index in [2.05, 4.69) is 31.1 Å². The van der Waals surface area contributed by atoms with Crippen LogP contribution in [-0.4, -0.2) is 34.7 Å². The third kappa shape index (κ3) is 2.87. The van der Waals surface area contributed by atoms with Crippen LogP contribution in [-0.2, 0) is 4.74 Å². The molecule has 4 nitrogen and oxygen atoms in total. The molecule has 20 heavy (non-hydrogen) atoms. The van der Waals surface area contributed by atoms with Crippen LogP contribution in [0.2, 0.25) is 0 Å². The van der Waals surface area contributed by atoms with Gasteiger partial charge in [-0.2, -0.15) is 0 Å². The van der Waals surface area contributed by atoms with Gasteiger partial charge in [0.1, 0.15) is 0 Å². The van der Waals surface area contributed by atoms with Gasteiger partial charge in [-0.25, -0.2) is 4.98 Å². The largest absolute Gasteiger partial charge is 0.381 e. The Balaban J connectivity index is 1.72. The third-order valence-electron chi connectivity index (χ3n) is 3.94. The molecular weight excluding hydrogens is 290 g/mol.